The number of hydrogen-bond acceptors (Lipinski definition) is 3. The first kappa shape index (κ1) is 9.03. The number of oxime groups is 1. The number of nitrogens with zero attached hydrogens (tertiary/aromatic N) is 1. The van der Waals surface area contributed by atoms with E-state index >= 15 is 0 Å². The molecule has 1 fully saturated rings. The van der Waals surface area contributed by atoms with Crippen LogP contribution in [0.4, 0.5) is 0 Å². The number of carbonyl (C=O) groups is 1. The van der Waals surface area contributed by atoms with Crippen LogP contribution < -0.4 is 0 Å². The molecule has 0 bridgehead atoms. The summed E-state index contributed by atoms with van der Waals surface area (Å²) in [5, 5.41) is 12.3. The van der Waals surface area contributed by atoms with Gasteiger partial charge in [0.2, 0.25) is 0 Å². The van der Waals surface area contributed by atoms with Crippen molar-refractivity contribution in [2.24, 2.45) is 22.4 Å². The summed E-state index contributed by atoms with van der Waals surface area (Å²) in [5.41, 5.74) is -0.173. The van der Waals surface area contributed by atoms with Crippen LogP contribution in [0.2, 0.25) is 0 Å². The summed E-state index contributed by atoms with van der Waals surface area (Å²) in [4.78, 5) is 15.1. The predicted molar refractivity (Wildman–Crippen MR) is 43.9 cm³/mol. The molecule has 0 heterocycles. The van der Waals surface area contributed by atoms with E-state index in [1.54, 1.807) is 6.21 Å². The van der Waals surface area contributed by atoms with Gasteiger partial charge in [0.15, 0.2) is 0 Å². The van der Waals surface area contributed by atoms with Crippen molar-refractivity contribution in [1.82, 2.24) is 0 Å². The summed E-state index contributed by atoms with van der Waals surface area (Å²) < 4.78 is 0. The fraction of sp³-hybridized carbons (Fsp3) is 0.750. The standard InChI is InChI=1S/C8H13NO3/c1-8(2)5(4-9-12-3)6(8)7(10)11/h4-6H,1-3H3,(H,10,11)/t5-,6+/m1/s1. The first-order valence-electron chi connectivity index (χ1n) is 3.81. The molecule has 4 heteroatoms. The molecule has 0 unspecified atom stereocenters. The average Bonchev–Trinajstić information content (AvgIpc) is 2.49. The van der Waals surface area contributed by atoms with E-state index < -0.39 is 5.97 Å². The molecular formula is C8H13NO3. The Hall–Kier alpha value is -1.06. The van der Waals surface area contributed by atoms with Gasteiger partial charge in [0.25, 0.3) is 0 Å². The van der Waals surface area contributed by atoms with Gasteiger partial charge in [-0.3, -0.25) is 4.79 Å². The van der Waals surface area contributed by atoms with E-state index in [0.29, 0.717) is 0 Å². The maximum absolute atomic E-state index is 10.6. The van der Waals surface area contributed by atoms with Gasteiger partial charge in [-0.25, -0.2) is 0 Å². The molecule has 0 aromatic heterocycles. The maximum atomic E-state index is 10.6. The lowest BCUT2D eigenvalue weighted by Gasteiger charge is -1.95. The Balaban J connectivity index is 2.60. The quantitative estimate of drug-likeness (QED) is 0.508. The second-order valence-electron chi connectivity index (χ2n) is 3.60. The highest BCUT2D eigenvalue weighted by molar-refractivity contribution is 5.84. The zero-order valence-corrected chi connectivity index (χ0v) is 7.44. The largest absolute Gasteiger partial charge is 0.481 e. The Morgan fingerprint density at radius 1 is 1.67 bits per heavy atom. The van der Waals surface area contributed by atoms with Crippen molar-refractivity contribution in [2.75, 3.05) is 7.11 Å². The number of hydrogen-bond donors (Lipinski definition) is 1. The first-order chi connectivity index (χ1) is 5.51. The molecule has 1 rings (SSSR count). The van der Waals surface area contributed by atoms with Gasteiger partial charge >= 0.3 is 5.97 Å². The average molecular weight is 171 g/mol. The van der Waals surface area contributed by atoms with E-state index in [-0.39, 0.29) is 17.3 Å². The second kappa shape index (κ2) is 2.77. The van der Waals surface area contributed by atoms with E-state index in [4.69, 9.17) is 5.11 Å². The summed E-state index contributed by atoms with van der Waals surface area (Å²) in [7, 11) is 1.45. The topological polar surface area (TPSA) is 58.9 Å². The molecule has 0 aliphatic heterocycles. The smallest absolute Gasteiger partial charge is 0.307 e. The van der Waals surface area contributed by atoms with Crippen LogP contribution in [0.5, 0.6) is 0 Å². The van der Waals surface area contributed by atoms with Crippen LogP contribution in [-0.2, 0) is 9.63 Å². The zero-order chi connectivity index (χ0) is 9.35. The number of rotatable bonds is 3. The summed E-state index contributed by atoms with van der Waals surface area (Å²) in [6, 6.07) is 0. The van der Waals surface area contributed by atoms with E-state index in [1.807, 2.05) is 13.8 Å². The Bertz CT molecular complexity index is 222. The van der Waals surface area contributed by atoms with Crippen molar-refractivity contribution in [3.8, 4) is 0 Å². The van der Waals surface area contributed by atoms with Crippen molar-refractivity contribution < 1.29 is 14.7 Å². The van der Waals surface area contributed by atoms with Crippen LogP contribution in [0.15, 0.2) is 5.16 Å². The molecule has 68 valence electrons. The molecular weight excluding hydrogens is 158 g/mol. The van der Waals surface area contributed by atoms with Gasteiger partial charge < -0.3 is 9.94 Å². The van der Waals surface area contributed by atoms with Crippen molar-refractivity contribution >= 4 is 12.2 Å². The number of carboxylic acid groups (broad SMARTS) is 1. The molecule has 1 saturated carbocycles. The molecule has 0 radical (unpaired) electrons. The third-order valence-corrected chi connectivity index (χ3v) is 2.50. The van der Waals surface area contributed by atoms with E-state index in [9.17, 15) is 4.79 Å². The van der Waals surface area contributed by atoms with Crippen LogP contribution in [0, 0.1) is 17.3 Å². The van der Waals surface area contributed by atoms with Gasteiger partial charge in [0, 0.05) is 12.1 Å². The molecule has 0 aromatic carbocycles. The molecule has 0 saturated heterocycles. The molecule has 2 atom stereocenters. The minimum Gasteiger partial charge on any atom is -0.481 e. The van der Waals surface area contributed by atoms with Crippen molar-refractivity contribution in [3.63, 3.8) is 0 Å². The van der Waals surface area contributed by atoms with Gasteiger partial charge in [-0.15, -0.1) is 0 Å². The molecule has 0 spiro atoms. The molecule has 0 aromatic rings. The normalized spacial score (nSPS) is 31.9. The minimum atomic E-state index is -0.757. The van der Waals surface area contributed by atoms with Crippen molar-refractivity contribution in [3.05, 3.63) is 0 Å². The highest BCUT2D eigenvalue weighted by Crippen LogP contribution is 2.57. The van der Waals surface area contributed by atoms with Crippen LogP contribution >= 0.6 is 0 Å². The third kappa shape index (κ3) is 1.29. The van der Waals surface area contributed by atoms with Gasteiger partial charge in [0.1, 0.15) is 7.11 Å². The van der Waals surface area contributed by atoms with Crippen LogP contribution in [0.25, 0.3) is 0 Å². The summed E-state index contributed by atoms with van der Waals surface area (Å²) >= 11 is 0. The fourth-order valence-corrected chi connectivity index (χ4v) is 1.55. The van der Waals surface area contributed by atoms with E-state index in [1.165, 1.54) is 7.11 Å². The fourth-order valence-electron chi connectivity index (χ4n) is 1.55. The van der Waals surface area contributed by atoms with Crippen LogP contribution in [0.3, 0.4) is 0 Å². The number of carboxylic acids is 1. The Labute approximate surface area is 71.2 Å². The third-order valence-electron chi connectivity index (χ3n) is 2.50. The molecule has 1 aliphatic rings. The number of aliphatic carboxylic acids is 1. The maximum Gasteiger partial charge on any atom is 0.307 e. The Morgan fingerprint density at radius 2 is 2.25 bits per heavy atom. The van der Waals surface area contributed by atoms with Crippen LogP contribution in [0.1, 0.15) is 13.8 Å². The molecule has 4 nitrogen and oxygen atoms in total. The van der Waals surface area contributed by atoms with Gasteiger partial charge in [-0.05, 0) is 5.41 Å². The highest BCUT2D eigenvalue weighted by Gasteiger charge is 2.61. The first-order valence-corrected chi connectivity index (χ1v) is 3.81. The van der Waals surface area contributed by atoms with Crippen LogP contribution in [-0.4, -0.2) is 24.4 Å². The molecule has 1 N–H and O–H groups in total. The van der Waals surface area contributed by atoms with E-state index in [2.05, 4.69) is 9.99 Å². The molecule has 12 heavy (non-hydrogen) atoms. The lowest BCUT2D eigenvalue weighted by atomic mass is 10.1. The SMILES string of the molecule is CON=C[C@@H]1[C@@H](C(=O)O)C1(C)C. The molecule has 1 aliphatic carbocycles. The summed E-state index contributed by atoms with van der Waals surface area (Å²) in [5.74, 6) is -1.06. The minimum absolute atomic E-state index is 0.00921. The molecule has 0 amide bonds. The van der Waals surface area contributed by atoms with Gasteiger partial charge in [-0.1, -0.05) is 19.0 Å². The predicted octanol–water partition coefficient (Wildman–Crippen LogP) is 0.975. The van der Waals surface area contributed by atoms with Gasteiger partial charge in [0.05, 0.1) is 5.92 Å². The van der Waals surface area contributed by atoms with Crippen molar-refractivity contribution in [2.45, 2.75) is 13.8 Å². The van der Waals surface area contributed by atoms with Crippen molar-refractivity contribution in [1.29, 1.82) is 0 Å². The van der Waals surface area contributed by atoms with Gasteiger partial charge in [-0.2, -0.15) is 0 Å². The second-order valence-corrected chi connectivity index (χ2v) is 3.60. The highest BCUT2D eigenvalue weighted by atomic mass is 16.6. The Kier molecular flexibility index (Phi) is 2.08. The Morgan fingerprint density at radius 3 is 2.58 bits per heavy atom. The lowest BCUT2D eigenvalue weighted by Crippen LogP contribution is -2.03. The lowest BCUT2D eigenvalue weighted by molar-refractivity contribution is -0.139. The summed E-state index contributed by atoms with van der Waals surface area (Å²) in [6.07, 6.45) is 1.57. The zero-order valence-electron chi connectivity index (χ0n) is 7.44. The monoisotopic (exact) mass is 171 g/mol. The van der Waals surface area contributed by atoms with E-state index in [0.717, 1.165) is 0 Å². The summed E-state index contributed by atoms with van der Waals surface area (Å²) in [6.45, 7) is 3.83.